The largest absolute Gasteiger partial charge is 0.433 e. The number of carbonyl (C=O) groups is 1. The van der Waals surface area contributed by atoms with Crippen LogP contribution in [0.3, 0.4) is 0 Å². The molecule has 3 aromatic rings. The van der Waals surface area contributed by atoms with Gasteiger partial charge >= 0.3 is 6.61 Å². The summed E-state index contributed by atoms with van der Waals surface area (Å²) in [6.45, 7) is -0.910. The van der Waals surface area contributed by atoms with E-state index in [1.807, 2.05) is 18.2 Å². The number of benzene rings is 2. The van der Waals surface area contributed by atoms with Crippen molar-refractivity contribution < 1.29 is 23.2 Å². The number of quaternary nitrogens is 1. The Balaban J connectivity index is 1.39. The molecule has 2 atom stereocenters. The highest BCUT2D eigenvalue weighted by Crippen LogP contribution is 2.30. The van der Waals surface area contributed by atoms with Crippen molar-refractivity contribution in [3.05, 3.63) is 53.5 Å². The van der Waals surface area contributed by atoms with Crippen LogP contribution < -0.4 is 15.0 Å². The van der Waals surface area contributed by atoms with Crippen molar-refractivity contribution in [2.75, 3.05) is 25.0 Å². The lowest BCUT2D eigenvalue weighted by molar-refractivity contribution is -0.898. The average molecular weight is 418 g/mol. The van der Waals surface area contributed by atoms with Gasteiger partial charge in [-0.2, -0.15) is 8.78 Å². The van der Waals surface area contributed by atoms with Crippen LogP contribution in [0.1, 0.15) is 23.8 Å². The SMILES string of the molecule is O=C(C[NH+]1CCC[C@H](c2nc3ccccc3s2)C1)Nc1ccccc1OC(F)F. The summed E-state index contributed by atoms with van der Waals surface area (Å²) in [4.78, 5) is 18.5. The molecule has 0 radical (unpaired) electrons. The number of likely N-dealkylation sites (tertiary alicyclic amines) is 1. The maximum atomic E-state index is 12.5. The van der Waals surface area contributed by atoms with Crippen LogP contribution in [0.25, 0.3) is 10.2 Å². The summed E-state index contributed by atoms with van der Waals surface area (Å²) < 4.78 is 30.8. The third kappa shape index (κ3) is 4.89. The van der Waals surface area contributed by atoms with Crippen molar-refractivity contribution >= 4 is 33.1 Å². The molecule has 0 spiro atoms. The summed E-state index contributed by atoms with van der Waals surface area (Å²) >= 11 is 1.72. The van der Waals surface area contributed by atoms with E-state index in [1.165, 1.54) is 15.7 Å². The number of amides is 1. The fraction of sp³-hybridized carbons (Fsp3) is 0.333. The van der Waals surface area contributed by atoms with Crippen molar-refractivity contribution in [3.8, 4) is 5.75 Å². The summed E-state index contributed by atoms with van der Waals surface area (Å²) in [6, 6.07) is 14.3. The predicted molar refractivity (Wildman–Crippen MR) is 109 cm³/mol. The summed E-state index contributed by atoms with van der Waals surface area (Å²) in [5, 5.41) is 3.83. The van der Waals surface area contributed by atoms with Crippen molar-refractivity contribution in [1.29, 1.82) is 0 Å². The van der Waals surface area contributed by atoms with Gasteiger partial charge in [0, 0.05) is 0 Å². The molecule has 0 aliphatic carbocycles. The summed E-state index contributed by atoms with van der Waals surface area (Å²) in [5.74, 6) is 0.0884. The maximum absolute atomic E-state index is 12.5. The van der Waals surface area contributed by atoms with Crippen LogP contribution in [0.15, 0.2) is 48.5 Å². The lowest BCUT2D eigenvalue weighted by Crippen LogP contribution is -3.14. The van der Waals surface area contributed by atoms with Crippen molar-refractivity contribution in [3.63, 3.8) is 0 Å². The molecule has 0 saturated carbocycles. The summed E-state index contributed by atoms with van der Waals surface area (Å²) in [7, 11) is 0. The zero-order valence-corrected chi connectivity index (χ0v) is 16.6. The molecule has 1 fully saturated rings. The van der Waals surface area contributed by atoms with E-state index in [2.05, 4.69) is 16.1 Å². The van der Waals surface area contributed by atoms with E-state index in [1.54, 1.807) is 29.5 Å². The number of fused-ring (bicyclic) bond motifs is 1. The number of nitrogens with zero attached hydrogens (tertiary/aromatic N) is 1. The Kier molecular flexibility index (Phi) is 6.01. The minimum absolute atomic E-state index is 0.0307. The van der Waals surface area contributed by atoms with Crippen molar-refractivity contribution in [2.45, 2.75) is 25.4 Å². The minimum atomic E-state index is -2.93. The molecule has 29 heavy (non-hydrogen) atoms. The number of nitrogens with one attached hydrogen (secondary N) is 2. The van der Waals surface area contributed by atoms with Crippen LogP contribution in [-0.4, -0.2) is 37.1 Å². The van der Waals surface area contributed by atoms with Crippen molar-refractivity contribution in [2.24, 2.45) is 0 Å². The summed E-state index contributed by atoms with van der Waals surface area (Å²) in [6.07, 6.45) is 2.09. The molecule has 1 aliphatic heterocycles. The second-order valence-electron chi connectivity index (χ2n) is 7.16. The normalized spacial score (nSPS) is 19.4. The van der Waals surface area contributed by atoms with Crippen LogP contribution in [0.5, 0.6) is 5.75 Å². The van der Waals surface area contributed by atoms with Gasteiger partial charge in [-0.1, -0.05) is 24.3 Å². The molecular weight excluding hydrogens is 396 g/mol. The Bertz CT molecular complexity index is 962. The fourth-order valence-electron chi connectivity index (χ4n) is 3.78. The molecule has 0 bridgehead atoms. The second kappa shape index (κ2) is 8.84. The third-order valence-electron chi connectivity index (χ3n) is 5.07. The molecule has 152 valence electrons. The first-order valence-corrected chi connectivity index (χ1v) is 10.4. The van der Waals surface area contributed by atoms with E-state index >= 15 is 0 Å². The average Bonchev–Trinajstić information content (AvgIpc) is 3.14. The molecule has 2 aromatic carbocycles. The first kappa shape index (κ1) is 19.7. The van der Waals surface area contributed by atoms with Gasteiger partial charge in [0.15, 0.2) is 6.54 Å². The maximum Gasteiger partial charge on any atom is 0.387 e. The van der Waals surface area contributed by atoms with Crippen LogP contribution in [-0.2, 0) is 4.79 Å². The van der Waals surface area contributed by atoms with Gasteiger partial charge < -0.3 is 15.0 Å². The number of alkyl halides is 2. The number of piperidine rings is 1. The first-order valence-electron chi connectivity index (χ1n) is 9.61. The molecule has 1 amide bonds. The number of ether oxygens (including phenoxy) is 1. The summed E-state index contributed by atoms with van der Waals surface area (Å²) in [5.41, 5.74) is 1.28. The number of halogens is 2. The van der Waals surface area contributed by atoms with Gasteiger partial charge in [0.25, 0.3) is 5.91 Å². The number of hydrogen-bond acceptors (Lipinski definition) is 4. The Morgan fingerprint density at radius 2 is 2.03 bits per heavy atom. The molecule has 1 aliphatic rings. The predicted octanol–water partition coefficient (Wildman–Crippen LogP) is 3.30. The quantitative estimate of drug-likeness (QED) is 0.646. The third-order valence-corrected chi connectivity index (χ3v) is 6.26. The minimum Gasteiger partial charge on any atom is -0.433 e. The van der Waals surface area contributed by atoms with E-state index in [4.69, 9.17) is 4.98 Å². The van der Waals surface area contributed by atoms with Gasteiger partial charge in [-0.05, 0) is 37.1 Å². The number of anilines is 1. The van der Waals surface area contributed by atoms with Gasteiger partial charge in [-0.3, -0.25) is 4.79 Å². The number of carbonyl (C=O) groups excluding carboxylic acids is 1. The number of rotatable bonds is 6. The van der Waals surface area contributed by atoms with E-state index < -0.39 is 6.61 Å². The molecule has 8 heteroatoms. The second-order valence-corrected chi connectivity index (χ2v) is 8.22. The van der Waals surface area contributed by atoms with Crippen molar-refractivity contribution in [1.82, 2.24) is 4.98 Å². The van der Waals surface area contributed by atoms with Crippen LogP contribution in [0, 0.1) is 0 Å². The molecule has 1 aromatic heterocycles. The van der Waals surface area contributed by atoms with Gasteiger partial charge in [-0.25, -0.2) is 4.98 Å². The Morgan fingerprint density at radius 3 is 2.86 bits per heavy atom. The zero-order chi connectivity index (χ0) is 20.2. The topological polar surface area (TPSA) is 55.7 Å². The molecule has 1 unspecified atom stereocenters. The lowest BCUT2D eigenvalue weighted by Gasteiger charge is -2.28. The fourth-order valence-corrected chi connectivity index (χ4v) is 4.88. The van der Waals surface area contributed by atoms with Gasteiger partial charge in [0.1, 0.15) is 10.8 Å². The smallest absolute Gasteiger partial charge is 0.387 e. The molecule has 5 nitrogen and oxygen atoms in total. The number of thiazole rings is 1. The Hall–Kier alpha value is -2.58. The Morgan fingerprint density at radius 1 is 1.24 bits per heavy atom. The molecular formula is C21H22F2N3O2S+. The van der Waals surface area contributed by atoms with Crippen LogP contribution in [0.4, 0.5) is 14.5 Å². The molecule has 4 rings (SSSR count). The number of para-hydroxylation sites is 3. The zero-order valence-electron chi connectivity index (χ0n) is 15.7. The van der Waals surface area contributed by atoms with Gasteiger partial charge in [0.2, 0.25) is 0 Å². The first-order chi connectivity index (χ1) is 14.1. The highest BCUT2D eigenvalue weighted by molar-refractivity contribution is 7.18. The van der Waals surface area contributed by atoms with Gasteiger partial charge in [0.05, 0.1) is 34.9 Å². The molecule has 2 N–H and O–H groups in total. The number of hydrogen-bond donors (Lipinski definition) is 2. The molecule has 1 saturated heterocycles. The van der Waals surface area contributed by atoms with E-state index in [9.17, 15) is 13.6 Å². The van der Waals surface area contributed by atoms with Crippen LogP contribution >= 0.6 is 11.3 Å². The standard InChI is InChI=1S/C21H21F2N3O2S/c22-21(23)28-17-9-3-1-7-15(17)24-19(27)13-26-11-5-6-14(12-26)20-25-16-8-2-4-10-18(16)29-20/h1-4,7-10,14,21H,5-6,11-13H2,(H,24,27)/p+1/t14-/m0/s1. The Labute approximate surface area is 171 Å². The highest BCUT2D eigenvalue weighted by atomic mass is 32.1. The van der Waals surface area contributed by atoms with Gasteiger partial charge in [-0.15, -0.1) is 11.3 Å². The highest BCUT2D eigenvalue weighted by Gasteiger charge is 2.28. The number of aromatic nitrogens is 1. The monoisotopic (exact) mass is 418 g/mol. The lowest BCUT2D eigenvalue weighted by atomic mass is 9.99. The van der Waals surface area contributed by atoms with E-state index in [0.29, 0.717) is 5.92 Å². The van der Waals surface area contributed by atoms with Crippen LogP contribution in [0.2, 0.25) is 0 Å². The molecule has 2 heterocycles. The van der Waals surface area contributed by atoms with E-state index in [-0.39, 0.29) is 23.9 Å². The van der Waals surface area contributed by atoms with E-state index in [0.717, 1.165) is 36.5 Å².